The van der Waals surface area contributed by atoms with Gasteiger partial charge in [-0.25, -0.2) is 0 Å². The summed E-state index contributed by atoms with van der Waals surface area (Å²) in [5, 5.41) is 13.0. The average molecular weight is 432 g/mol. The third kappa shape index (κ3) is 14.0. The van der Waals surface area contributed by atoms with Crippen molar-refractivity contribution < 1.29 is 33.0 Å². The lowest BCUT2D eigenvalue weighted by atomic mass is 10.3. The van der Waals surface area contributed by atoms with Gasteiger partial charge in [-0.1, -0.05) is 17.2 Å². The fourth-order valence-electron chi connectivity index (χ4n) is 2.03. The van der Waals surface area contributed by atoms with Crippen LogP contribution in [0.5, 0.6) is 5.75 Å². The quantitative estimate of drug-likeness (QED) is 0.153. The first-order valence-electron chi connectivity index (χ1n) is 9.31. The highest BCUT2D eigenvalue weighted by molar-refractivity contribution is 7.85. The molecule has 0 bridgehead atoms. The third-order valence-electron chi connectivity index (χ3n) is 3.41. The van der Waals surface area contributed by atoms with Crippen molar-refractivity contribution in [2.75, 3.05) is 78.4 Å². The van der Waals surface area contributed by atoms with Gasteiger partial charge >= 0.3 is 0 Å². The number of benzene rings is 1. The van der Waals surface area contributed by atoms with Crippen LogP contribution in [0, 0.1) is 0 Å². The Bertz CT molecular complexity index is 615. The Balaban J connectivity index is 1.80. The molecule has 1 rings (SSSR count). The second kappa shape index (κ2) is 18.3. The van der Waals surface area contributed by atoms with Crippen LogP contribution in [0.3, 0.4) is 0 Å². The molecule has 0 amide bonds. The van der Waals surface area contributed by atoms with Gasteiger partial charge in [0, 0.05) is 11.5 Å². The average Bonchev–Trinajstić information content (AvgIpc) is 2.73. The van der Waals surface area contributed by atoms with Crippen molar-refractivity contribution in [1.29, 1.82) is 0 Å². The number of aromatic hydroxyl groups is 1. The first-order chi connectivity index (χ1) is 14.3. The van der Waals surface area contributed by atoms with Crippen LogP contribution in [0.1, 0.15) is 0 Å². The second-order valence-electron chi connectivity index (χ2n) is 5.53. The van der Waals surface area contributed by atoms with E-state index < -0.39 is 10.8 Å². The summed E-state index contributed by atoms with van der Waals surface area (Å²) in [7, 11) is -1.29. The molecule has 1 aromatic carbocycles. The van der Waals surface area contributed by atoms with Crippen LogP contribution < -0.4 is 0 Å². The third-order valence-corrected chi connectivity index (χ3v) is 4.78. The van der Waals surface area contributed by atoms with Crippen molar-refractivity contribution in [2.24, 2.45) is 5.11 Å². The summed E-state index contributed by atoms with van der Waals surface area (Å²) >= 11 is 0. The van der Waals surface area contributed by atoms with Gasteiger partial charge in [0.1, 0.15) is 5.75 Å². The molecule has 0 saturated carbocycles. The normalized spacial score (nSPS) is 11.9. The summed E-state index contributed by atoms with van der Waals surface area (Å²) < 4.78 is 38.7. The molecule has 0 heterocycles. The largest absolute Gasteiger partial charge is 0.507 e. The van der Waals surface area contributed by atoms with Gasteiger partial charge in [-0.15, -0.1) is 0 Å². The molecule has 0 aliphatic carbocycles. The SMILES string of the molecule is [N-]=[N+]=NCCOCCOCCOCCOCCOCCS(=O)c1ccccc1O. The van der Waals surface area contributed by atoms with Crippen LogP contribution in [0.4, 0.5) is 0 Å². The molecule has 0 aliphatic heterocycles. The van der Waals surface area contributed by atoms with Crippen molar-refractivity contribution in [3.05, 3.63) is 34.7 Å². The van der Waals surface area contributed by atoms with Gasteiger partial charge in [0.25, 0.3) is 0 Å². The number of ether oxygens (including phenoxy) is 5. The highest BCUT2D eigenvalue weighted by Gasteiger charge is 2.08. The zero-order chi connectivity index (χ0) is 21.0. The van der Waals surface area contributed by atoms with E-state index in [1.54, 1.807) is 18.2 Å². The maximum absolute atomic E-state index is 12.0. The summed E-state index contributed by atoms with van der Waals surface area (Å²) in [6, 6.07) is 6.58. The van der Waals surface area contributed by atoms with Gasteiger partial charge < -0.3 is 28.8 Å². The number of hydrogen-bond donors (Lipinski definition) is 1. The Kier molecular flexibility index (Phi) is 16.0. The summed E-state index contributed by atoms with van der Waals surface area (Å²) in [6.07, 6.45) is 0. The highest BCUT2D eigenvalue weighted by atomic mass is 32.2. The number of hydrogen-bond acceptors (Lipinski definition) is 8. The summed E-state index contributed by atoms with van der Waals surface area (Å²) in [5.41, 5.74) is 8.09. The van der Waals surface area contributed by atoms with E-state index in [1.807, 2.05) is 0 Å². The lowest BCUT2D eigenvalue weighted by Crippen LogP contribution is -2.14. The molecule has 1 unspecified atom stereocenters. The van der Waals surface area contributed by atoms with E-state index in [0.29, 0.717) is 83.3 Å². The maximum atomic E-state index is 12.0. The maximum Gasteiger partial charge on any atom is 0.131 e. The minimum atomic E-state index is -1.29. The minimum Gasteiger partial charge on any atom is -0.507 e. The molecule has 0 spiro atoms. The van der Waals surface area contributed by atoms with Gasteiger partial charge in [0.05, 0.1) is 87.5 Å². The topological polar surface area (TPSA) is 132 Å². The zero-order valence-electron chi connectivity index (χ0n) is 16.4. The molecule has 0 fully saturated rings. The van der Waals surface area contributed by atoms with E-state index in [2.05, 4.69) is 10.0 Å². The van der Waals surface area contributed by atoms with E-state index in [0.717, 1.165) is 0 Å². The number of phenols is 1. The lowest BCUT2D eigenvalue weighted by Gasteiger charge is -2.08. The van der Waals surface area contributed by atoms with E-state index >= 15 is 0 Å². The zero-order valence-corrected chi connectivity index (χ0v) is 17.3. The van der Waals surface area contributed by atoms with Crippen LogP contribution in [-0.4, -0.2) is 87.7 Å². The number of nitrogens with zero attached hydrogens (tertiary/aromatic N) is 3. The van der Waals surface area contributed by atoms with Crippen LogP contribution in [0.25, 0.3) is 10.4 Å². The second-order valence-corrected chi connectivity index (χ2v) is 7.07. The van der Waals surface area contributed by atoms with Gasteiger partial charge in [0.2, 0.25) is 0 Å². The first-order valence-corrected chi connectivity index (χ1v) is 10.6. The van der Waals surface area contributed by atoms with E-state index in [-0.39, 0.29) is 5.75 Å². The highest BCUT2D eigenvalue weighted by Crippen LogP contribution is 2.19. The molecule has 0 aromatic heterocycles. The minimum absolute atomic E-state index is 0.0371. The number of phenolic OH excluding ortho intramolecular Hbond substituents is 1. The summed E-state index contributed by atoms with van der Waals surface area (Å²) in [5.74, 6) is 0.356. The van der Waals surface area contributed by atoms with E-state index in [4.69, 9.17) is 29.2 Å². The van der Waals surface area contributed by atoms with Gasteiger partial charge in [-0.05, 0) is 17.7 Å². The number of rotatable bonds is 19. The molecule has 1 atom stereocenters. The monoisotopic (exact) mass is 431 g/mol. The molecule has 10 nitrogen and oxygen atoms in total. The lowest BCUT2D eigenvalue weighted by molar-refractivity contribution is -0.00953. The molecule has 0 radical (unpaired) electrons. The van der Waals surface area contributed by atoms with Gasteiger partial charge in [-0.3, -0.25) is 4.21 Å². The number of azide groups is 1. The van der Waals surface area contributed by atoms with E-state index in [9.17, 15) is 9.32 Å². The van der Waals surface area contributed by atoms with Crippen molar-refractivity contribution in [3.63, 3.8) is 0 Å². The predicted molar refractivity (Wildman–Crippen MR) is 107 cm³/mol. The molecule has 0 aliphatic rings. The van der Waals surface area contributed by atoms with Crippen molar-refractivity contribution in [1.82, 2.24) is 0 Å². The van der Waals surface area contributed by atoms with Gasteiger partial charge in [-0.2, -0.15) is 0 Å². The first kappa shape index (κ1) is 25.3. The van der Waals surface area contributed by atoms with Crippen LogP contribution in [-0.2, 0) is 34.5 Å². The Morgan fingerprint density at radius 1 is 0.828 bits per heavy atom. The Labute approximate surface area is 173 Å². The molecular formula is C18H29N3O7S. The van der Waals surface area contributed by atoms with Crippen molar-refractivity contribution >= 4 is 10.8 Å². The summed E-state index contributed by atoms with van der Waals surface area (Å²) in [4.78, 5) is 3.05. The standard InChI is InChI=1S/C18H29N3O7S/c19-21-20-5-6-24-7-8-25-9-10-26-11-12-27-13-14-28-15-16-29(23)18-4-2-1-3-17(18)22/h1-4,22H,5-16H2. The molecular weight excluding hydrogens is 402 g/mol. The summed E-state index contributed by atoms with van der Waals surface area (Å²) in [6.45, 7) is 4.63. The molecule has 29 heavy (non-hydrogen) atoms. The Morgan fingerprint density at radius 3 is 1.83 bits per heavy atom. The molecule has 0 saturated heterocycles. The van der Waals surface area contributed by atoms with Crippen LogP contribution in [0.15, 0.2) is 34.3 Å². The fraction of sp³-hybridized carbons (Fsp3) is 0.667. The molecule has 1 N–H and O–H groups in total. The molecule has 164 valence electrons. The van der Waals surface area contributed by atoms with Crippen LogP contribution in [0.2, 0.25) is 0 Å². The molecule has 1 aromatic rings. The fourth-order valence-corrected chi connectivity index (χ4v) is 3.05. The van der Waals surface area contributed by atoms with E-state index in [1.165, 1.54) is 6.07 Å². The van der Waals surface area contributed by atoms with Crippen molar-refractivity contribution in [3.8, 4) is 5.75 Å². The number of para-hydroxylation sites is 1. The predicted octanol–water partition coefficient (Wildman–Crippen LogP) is 1.89. The smallest absolute Gasteiger partial charge is 0.131 e. The van der Waals surface area contributed by atoms with Crippen molar-refractivity contribution in [2.45, 2.75) is 4.90 Å². The Morgan fingerprint density at radius 2 is 1.31 bits per heavy atom. The van der Waals surface area contributed by atoms with Crippen LogP contribution >= 0.6 is 0 Å². The molecule has 11 heteroatoms. The van der Waals surface area contributed by atoms with Gasteiger partial charge in [0.15, 0.2) is 0 Å². The Hall–Kier alpha value is -1.72.